The van der Waals surface area contributed by atoms with Crippen LogP contribution in [0, 0.1) is 0 Å². The van der Waals surface area contributed by atoms with Gasteiger partial charge in [0.1, 0.15) is 0 Å². The fraction of sp³-hybridized carbons (Fsp3) is 1.00. The van der Waals surface area contributed by atoms with Gasteiger partial charge in [-0.25, -0.2) is 8.42 Å². The zero-order chi connectivity index (χ0) is 12.8. The van der Waals surface area contributed by atoms with E-state index >= 15 is 0 Å². The lowest BCUT2D eigenvalue weighted by molar-refractivity contribution is -0.146. The van der Waals surface area contributed by atoms with Crippen LogP contribution in [0.1, 0.15) is 6.92 Å². The van der Waals surface area contributed by atoms with E-state index in [0.29, 0.717) is 0 Å². The van der Waals surface area contributed by atoms with E-state index in [2.05, 4.69) is 0 Å². The van der Waals surface area contributed by atoms with Gasteiger partial charge in [0.05, 0.1) is 18.9 Å². The van der Waals surface area contributed by atoms with Gasteiger partial charge in [-0.3, -0.25) is 4.90 Å². The number of aliphatic hydroxyl groups excluding tert-OH is 1. The number of halogens is 3. The Morgan fingerprint density at radius 2 is 1.81 bits per heavy atom. The Kier molecular flexibility index (Phi) is 6.27. The second-order valence-electron chi connectivity index (χ2n) is 3.35. The van der Waals surface area contributed by atoms with E-state index in [1.54, 1.807) is 0 Å². The Labute approximate surface area is 93.0 Å². The van der Waals surface area contributed by atoms with E-state index in [9.17, 15) is 21.6 Å². The van der Waals surface area contributed by atoms with Crippen molar-refractivity contribution in [1.29, 1.82) is 0 Å². The number of hydrogen-bond donors (Lipinski definition) is 1. The number of sulfone groups is 1. The second-order valence-corrected chi connectivity index (χ2v) is 5.82. The summed E-state index contributed by atoms with van der Waals surface area (Å²) in [6.07, 6.45) is -4.38. The van der Waals surface area contributed by atoms with Crippen LogP contribution in [0.4, 0.5) is 13.2 Å². The monoisotopic (exact) mass is 263 g/mol. The van der Waals surface area contributed by atoms with Gasteiger partial charge < -0.3 is 5.11 Å². The van der Waals surface area contributed by atoms with Crippen molar-refractivity contribution in [2.75, 3.05) is 37.7 Å². The Balaban J connectivity index is 4.24. The Bertz CT molecular complexity index is 289. The van der Waals surface area contributed by atoms with Crippen molar-refractivity contribution in [3.63, 3.8) is 0 Å². The van der Waals surface area contributed by atoms with Crippen molar-refractivity contribution in [3.05, 3.63) is 0 Å². The summed E-state index contributed by atoms with van der Waals surface area (Å²) in [6, 6.07) is 0. The minimum Gasteiger partial charge on any atom is -0.395 e. The molecule has 0 unspecified atom stereocenters. The molecule has 0 aromatic carbocycles. The van der Waals surface area contributed by atoms with Crippen LogP contribution in [0.25, 0.3) is 0 Å². The fourth-order valence-corrected chi connectivity index (χ4v) is 1.90. The molecular formula is C8H16F3NO3S. The summed E-state index contributed by atoms with van der Waals surface area (Å²) in [5, 5.41) is 8.56. The maximum absolute atomic E-state index is 12.1. The largest absolute Gasteiger partial charge is 0.401 e. The van der Waals surface area contributed by atoms with E-state index in [0.717, 1.165) is 4.90 Å². The van der Waals surface area contributed by atoms with Gasteiger partial charge in [0.25, 0.3) is 0 Å². The molecule has 0 heterocycles. The summed E-state index contributed by atoms with van der Waals surface area (Å²) in [7, 11) is -3.28. The van der Waals surface area contributed by atoms with Gasteiger partial charge in [-0.1, -0.05) is 6.92 Å². The molecule has 0 aromatic heterocycles. The maximum atomic E-state index is 12.1. The number of aliphatic hydroxyl groups is 1. The van der Waals surface area contributed by atoms with Crippen molar-refractivity contribution in [1.82, 2.24) is 4.90 Å². The average molecular weight is 263 g/mol. The summed E-state index contributed by atoms with van der Waals surface area (Å²) in [6.45, 7) is -0.584. The SMILES string of the molecule is CCS(=O)(=O)CCN(CCO)CC(F)(F)F. The lowest BCUT2D eigenvalue weighted by Crippen LogP contribution is -2.39. The first-order valence-electron chi connectivity index (χ1n) is 4.80. The molecule has 0 atom stereocenters. The number of alkyl halides is 3. The molecular weight excluding hydrogens is 247 g/mol. The molecule has 1 N–H and O–H groups in total. The molecule has 0 aromatic rings. The highest BCUT2D eigenvalue weighted by Crippen LogP contribution is 2.16. The molecule has 0 aliphatic heterocycles. The first kappa shape index (κ1) is 15.7. The second kappa shape index (κ2) is 6.41. The van der Waals surface area contributed by atoms with E-state index in [1.165, 1.54) is 6.92 Å². The number of nitrogens with zero attached hydrogens (tertiary/aromatic N) is 1. The topological polar surface area (TPSA) is 57.6 Å². The molecule has 98 valence electrons. The summed E-state index contributed by atoms with van der Waals surface area (Å²) in [5.74, 6) is -0.411. The van der Waals surface area contributed by atoms with Crippen LogP contribution >= 0.6 is 0 Å². The molecule has 0 spiro atoms. The predicted molar refractivity (Wildman–Crippen MR) is 53.9 cm³/mol. The molecule has 0 rings (SSSR count). The molecule has 0 saturated carbocycles. The lowest BCUT2D eigenvalue weighted by Gasteiger charge is -2.22. The average Bonchev–Trinajstić information content (AvgIpc) is 2.13. The van der Waals surface area contributed by atoms with Crippen molar-refractivity contribution >= 4 is 9.84 Å². The summed E-state index contributed by atoms with van der Waals surface area (Å²) < 4.78 is 58.4. The molecule has 0 fully saturated rings. The van der Waals surface area contributed by atoms with Crippen LogP contribution in [0.3, 0.4) is 0 Å². The van der Waals surface area contributed by atoms with Gasteiger partial charge in [-0.2, -0.15) is 13.2 Å². The van der Waals surface area contributed by atoms with Crippen LogP contribution in [0.15, 0.2) is 0 Å². The Morgan fingerprint density at radius 1 is 1.25 bits per heavy atom. The summed E-state index contributed by atoms with van der Waals surface area (Å²) in [4.78, 5) is 0.882. The van der Waals surface area contributed by atoms with Gasteiger partial charge in [0, 0.05) is 18.8 Å². The quantitative estimate of drug-likeness (QED) is 0.716. The molecule has 4 nitrogen and oxygen atoms in total. The molecule has 0 saturated heterocycles. The van der Waals surface area contributed by atoms with Crippen LogP contribution in [-0.2, 0) is 9.84 Å². The highest BCUT2D eigenvalue weighted by molar-refractivity contribution is 7.91. The Hall–Kier alpha value is -0.340. The molecule has 0 bridgehead atoms. The zero-order valence-corrected chi connectivity index (χ0v) is 9.81. The minimum absolute atomic E-state index is 0.0913. The first-order valence-corrected chi connectivity index (χ1v) is 6.62. The number of rotatable bonds is 7. The maximum Gasteiger partial charge on any atom is 0.401 e. The van der Waals surface area contributed by atoms with Crippen LogP contribution in [-0.4, -0.2) is 62.3 Å². The third-order valence-electron chi connectivity index (χ3n) is 1.98. The molecule has 0 aliphatic carbocycles. The highest BCUT2D eigenvalue weighted by Gasteiger charge is 2.30. The lowest BCUT2D eigenvalue weighted by atomic mass is 10.4. The van der Waals surface area contributed by atoms with Crippen LogP contribution < -0.4 is 0 Å². The van der Waals surface area contributed by atoms with E-state index in [1.807, 2.05) is 0 Å². The van der Waals surface area contributed by atoms with Crippen molar-refractivity contribution < 1.29 is 26.7 Å². The predicted octanol–water partition coefficient (Wildman–Crippen LogP) is 0.278. The van der Waals surface area contributed by atoms with Gasteiger partial charge in [0.15, 0.2) is 9.84 Å². The third-order valence-corrected chi connectivity index (χ3v) is 3.66. The summed E-state index contributed by atoms with van der Waals surface area (Å²) in [5.41, 5.74) is 0. The van der Waals surface area contributed by atoms with Gasteiger partial charge in [0.2, 0.25) is 0 Å². The van der Waals surface area contributed by atoms with Gasteiger partial charge in [-0.15, -0.1) is 0 Å². The first-order chi connectivity index (χ1) is 7.20. The van der Waals surface area contributed by atoms with Crippen molar-refractivity contribution in [2.45, 2.75) is 13.1 Å². The third kappa shape index (κ3) is 7.89. The van der Waals surface area contributed by atoms with Crippen LogP contribution in [0.5, 0.6) is 0 Å². The normalized spacial score (nSPS) is 13.4. The smallest absolute Gasteiger partial charge is 0.395 e. The van der Waals surface area contributed by atoms with E-state index in [4.69, 9.17) is 5.11 Å². The molecule has 8 heteroatoms. The minimum atomic E-state index is -4.38. The van der Waals surface area contributed by atoms with E-state index < -0.39 is 29.2 Å². The standard InChI is InChI=1S/C8H16F3NO3S/c1-2-16(14,15)6-4-12(3-5-13)7-8(9,10)11/h13H,2-7H2,1H3. The van der Waals surface area contributed by atoms with Gasteiger partial charge >= 0.3 is 6.18 Å². The van der Waals surface area contributed by atoms with E-state index in [-0.39, 0.29) is 24.6 Å². The highest BCUT2D eigenvalue weighted by atomic mass is 32.2. The molecule has 0 aliphatic rings. The van der Waals surface area contributed by atoms with Gasteiger partial charge in [-0.05, 0) is 0 Å². The Morgan fingerprint density at radius 3 is 2.19 bits per heavy atom. The summed E-state index contributed by atoms with van der Waals surface area (Å²) >= 11 is 0. The molecule has 0 amide bonds. The van der Waals surface area contributed by atoms with Crippen molar-refractivity contribution in [2.24, 2.45) is 0 Å². The van der Waals surface area contributed by atoms with Crippen molar-refractivity contribution in [3.8, 4) is 0 Å². The fourth-order valence-electron chi connectivity index (χ4n) is 1.08. The molecule has 16 heavy (non-hydrogen) atoms. The number of hydrogen-bond acceptors (Lipinski definition) is 4. The van der Waals surface area contributed by atoms with Crippen LogP contribution in [0.2, 0.25) is 0 Å². The molecule has 0 radical (unpaired) electrons. The zero-order valence-electron chi connectivity index (χ0n) is 9.00.